The number of hydrogen-bond donors (Lipinski definition) is 2. The maximum Gasteiger partial charge on any atom is 4.00 e. The number of carboxylic acids is 2. The zero-order valence-corrected chi connectivity index (χ0v) is 16.9. The fourth-order valence-corrected chi connectivity index (χ4v) is 0.408. The van der Waals surface area contributed by atoms with E-state index in [0.717, 1.165) is 6.54 Å². The molecule has 0 unspecified atom stereocenters. The van der Waals surface area contributed by atoms with Gasteiger partial charge in [0.05, 0.1) is 0 Å². The molecule has 0 saturated heterocycles. The molecule has 0 spiro atoms. The second-order valence-corrected chi connectivity index (χ2v) is 3.87. The minimum atomic E-state index is -0.961. The first-order chi connectivity index (χ1) is 7.81. The summed E-state index contributed by atoms with van der Waals surface area (Å²) in [5.41, 5.74) is 5.17. The van der Waals surface area contributed by atoms with Gasteiger partial charge in [0.1, 0.15) is 0 Å². The van der Waals surface area contributed by atoms with Crippen LogP contribution in [0.2, 0.25) is 0 Å². The summed E-state index contributed by atoms with van der Waals surface area (Å²) in [6, 6.07) is 0. The maximum atomic E-state index is 9.49. The van der Waals surface area contributed by atoms with E-state index >= 15 is 0 Å². The van der Waals surface area contributed by atoms with E-state index in [1.807, 2.05) is 0 Å². The van der Waals surface area contributed by atoms with Crippen molar-refractivity contribution in [2.24, 2.45) is 11.7 Å². The molecule has 0 aromatic rings. The zero-order chi connectivity index (χ0) is 14.3. The summed E-state index contributed by atoms with van der Waals surface area (Å²) in [5, 5.41) is 19.0. The summed E-state index contributed by atoms with van der Waals surface area (Å²) < 4.78 is 0. The Bertz CT molecular complexity index is 184. The average molecular weight is 530 g/mol. The number of aliphatic carboxylic acids is 2. The van der Waals surface area contributed by atoms with E-state index in [-0.39, 0.29) is 64.9 Å². The second-order valence-electron chi connectivity index (χ2n) is 3.87. The Balaban J connectivity index is -0.0000000257. The Morgan fingerprint density at radius 1 is 0.952 bits per heavy atom. The van der Waals surface area contributed by atoms with Gasteiger partial charge in [-0.1, -0.05) is 40.5 Å². The molecule has 0 atom stereocenters. The molecule has 0 aromatic carbocycles. The molecule has 0 rings (SSSR count). The molecule has 5 N–H and O–H groups in total. The fraction of sp³-hybridized carbons (Fsp3) is 0.833. The molecule has 0 fully saturated rings. The molecule has 0 aliphatic heterocycles. The molecule has 0 radical (unpaired) electrons. The minimum Gasteiger partial charge on any atom is -1.00 e. The summed E-state index contributed by atoms with van der Waals surface area (Å²) in [5.74, 6) is -1.26. The van der Waals surface area contributed by atoms with Gasteiger partial charge in [-0.15, -0.1) is 0 Å². The Morgan fingerprint density at radius 2 is 1.14 bits per heavy atom. The van der Waals surface area contributed by atoms with Crippen molar-refractivity contribution in [3.8, 4) is 0 Å². The Labute approximate surface area is 155 Å². The predicted molar refractivity (Wildman–Crippen MR) is 68.7 cm³/mol. The van der Waals surface area contributed by atoms with Crippen LogP contribution in [-0.2, 0) is 30.7 Å². The van der Waals surface area contributed by atoms with E-state index in [2.05, 4.69) is 13.8 Å². The van der Waals surface area contributed by atoms with Crippen LogP contribution in [-0.4, -0.2) is 18.5 Å². The van der Waals surface area contributed by atoms with E-state index in [1.54, 1.807) is 13.8 Å². The molecule has 0 saturated carbocycles. The summed E-state index contributed by atoms with van der Waals surface area (Å²) in [6.07, 6.45) is 1.70. The molecule has 0 aliphatic rings. The zero-order valence-electron chi connectivity index (χ0n) is 13.1. The van der Waals surface area contributed by atoms with Crippen molar-refractivity contribution in [3.63, 3.8) is 0 Å². The summed E-state index contributed by atoms with van der Waals surface area (Å²) in [4.78, 5) is 19.0. The van der Waals surface area contributed by atoms with Crippen molar-refractivity contribution in [1.82, 2.24) is 6.15 Å². The summed E-state index contributed by atoms with van der Waals surface area (Å²) >= 11 is 0. The van der Waals surface area contributed by atoms with Gasteiger partial charge in [-0.2, -0.15) is 0 Å². The van der Waals surface area contributed by atoms with Crippen LogP contribution in [0, 0.1) is 5.92 Å². The van der Waals surface area contributed by atoms with Crippen LogP contribution in [0.15, 0.2) is 0 Å². The van der Waals surface area contributed by atoms with Crippen molar-refractivity contribution in [2.75, 3.05) is 6.54 Å². The van der Waals surface area contributed by atoms with Gasteiger partial charge in [0.2, 0.25) is 0 Å². The Hall–Kier alpha value is 0.128. The van der Waals surface area contributed by atoms with Gasteiger partial charge in [0, 0.05) is 11.9 Å². The van der Waals surface area contributed by atoms with Crippen LogP contribution in [0.1, 0.15) is 53.4 Å². The van der Waals surface area contributed by atoms with Crippen LogP contribution in [0.25, 0.3) is 0 Å². The van der Waals surface area contributed by atoms with Crippen LogP contribution in [0.5, 0.6) is 0 Å². The Morgan fingerprint density at radius 3 is 1.14 bits per heavy atom. The van der Waals surface area contributed by atoms with E-state index in [1.165, 1.54) is 0 Å². The first-order valence-electron chi connectivity index (χ1n) is 5.91. The van der Waals surface area contributed by atoms with Crippen LogP contribution >= 0.6 is 0 Å². The molecule has 0 heterocycles. The maximum absolute atomic E-state index is 9.49. The van der Waals surface area contributed by atoms with E-state index in [9.17, 15) is 19.8 Å². The van der Waals surface area contributed by atoms with E-state index < -0.39 is 11.9 Å². The molecular weight excluding hydrogens is 502 g/mol. The van der Waals surface area contributed by atoms with Gasteiger partial charge >= 0.3 is 21.1 Å². The van der Waals surface area contributed by atoms with Gasteiger partial charge in [-0.3, -0.25) is 0 Å². The second kappa shape index (κ2) is 36.9. The van der Waals surface area contributed by atoms with Crippen LogP contribution in [0.3, 0.4) is 0 Å². The smallest absolute Gasteiger partial charge is 1.00 e. The molecule has 9 heteroatoms. The van der Waals surface area contributed by atoms with Crippen LogP contribution in [0.4, 0.5) is 0 Å². The monoisotopic (exact) mass is 529 g/mol. The Kier molecular flexibility index (Phi) is 75.3. The van der Waals surface area contributed by atoms with Crippen molar-refractivity contribution in [1.29, 1.82) is 0 Å². The number of carboxylic acid groups (broad SMARTS) is 2. The van der Waals surface area contributed by atoms with Crippen molar-refractivity contribution < 1.29 is 65.7 Å². The number of halogens is 2. The minimum absolute atomic E-state index is 0. The fourth-order valence-electron chi connectivity index (χ4n) is 0.408. The first kappa shape index (κ1) is 42.9. The molecule has 21 heavy (non-hydrogen) atoms. The molecule has 0 aliphatic carbocycles. The standard InChI is InChI=1S/C4H11N.2C4H8O2.2ClH.H3N.Pt/c1-4(2)3-5;2*1-2-3-4(5)6;;;;/h4H,3,5H2,1-2H3;2*2-3H2,1H3,(H,5,6);2*1H;1H3;/q;;;;;;+4/p-4. The van der Waals surface area contributed by atoms with Crippen molar-refractivity contribution >= 4 is 11.9 Å². The van der Waals surface area contributed by atoms with E-state index in [0.29, 0.717) is 18.8 Å². The number of hydrogen-bond acceptors (Lipinski definition) is 6. The SMILES string of the molecule is CC(C)CN.CCCC(=O)[O-].CCCC(=O)[O-].N.[Cl-].[Cl-].[Pt+4]. The number of carbonyl (C=O) groups excluding carboxylic acids is 2. The number of nitrogens with two attached hydrogens (primary N) is 1. The molecule has 0 amide bonds. The normalized spacial score (nSPS) is 6.95. The van der Waals surface area contributed by atoms with Gasteiger partial charge < -0.3 is 56.5 Å². The quantitative estimate of drug-likeness (QED) is 0.363. The summed E-state index contributed by atoms with van der Waals surface area (Å²) in [7, 11) is 0. The third kappa shape index (κ3) is 100. The third-order valence-corrected chi connectivity index (χ3v) is 1.38. The largest absolute Gasteiger partial charge is 4.00 e. The number of carbonyl (C=O) groups is 2. The van der Waals surface area contributed by atoms with Crippen LogP contribution < -0.4 is 46.9 Å². The summed E-state index contributed by atoms with van der Waals surface area (Å²) in [6.45, 7) is 8.60. The molecular formula is C12H28Cl2N2O4Pt. The topological polar surface area (TPSA) is 141 Å². The third-order valence-electron chi connectivity index (χ3n) is 1.38. The molecule has 6 nitrogen and oxygen atoms in total. The van der Waals surface area contributed by atoms with Gasteiger partial charge in [-0.05, 0) is 25.3 Å². The van der Waals surface area contributed by atoms with Crippen molar-refractivity contribution in [2.45, 2.75) is 53.4 Å². The molecule has 0 bridgehead atoms. The predicted octanol–water partition coefficient (Wildman–Crippen LogP) is -6.16. The number of rotatable bonds is 5. The molecule has 134 valence electrons. The average Bonchev–Trinajstić information content (AvgIpc) is 2.19. The van der Waals surface area contributed by atoms with Crippen molar-refractivity contribution in [3.05, 3.63) is 0 Å². The van der Waals surface area contributed by atoms with Gasteiger partial charge in [-0.25, -0.2) is 0 Å². The van der Waals surface area contributed by atoms with E-state index in [4.69, 9.17) is 5.73 Å². The molecule has 0 aromatic heterocycles. The van der Waals surface area contributed by atoms with Gasteiger partial charge in [0.25, 0.3) is 0 Å². The van der Waals surface area contributed by atoms with Gasteiger partial charge in [0.15, 0.2) is 0 Å². The first-order valence-corrected chi connectivity index (χ1v) is 5.91.